The normalized spacial score (nSPS) is 13.4. The number of ether oxygens (including phenoxy) is 1. The molecule has 28 heavy (non-hydrogen) atoms. The molecule has 0 aromatic heterocycles. The fraction of sp³-hybridized carbons (Fsp3) is 0.381. The molecule has 0 heterocycles. The van der Waals surface area contributed by atoms with Crippen LogP contribution in [-0.2, 0) is 14.8 Å². The summed E-state index contributed by atoms with van der Waals surface area (Å²) in [5, 5.41) is 2.97. The smallest absolute Gasteiger partial charge is 0.244 e. The third-order valence-corrected chi connectivity index (χ3v) is 5.66. The molecule has 2 aromatic carbocycles. The average Bonchev–Trinajstić information content (AvgIpc) is 2.67. The van der Waals surface area contributed by atoms with E-state index in [0.29, 0.717) is 24.5 Å². The van der Waals surface area contributed by atoms with Crippen LogP contribution in [0.2, 0.25) is 0 Å². The van der Waals surface area contributed by atoms with Crippen LogP contribution in [0.1, 0.15) is 38.8 Å². The van der Waals surface area contributed by atoms with Crippen molar-refractivity contribution in [1.29, 1.82) is 0 Å². The van der Waals surface area contributed by atoms with Crippen molar-refractivity contribution in [3.05, 3.63) is 60.2 Å². The predicted octanol–water partition coefficient (Wildman–Crippen LogP) is 3.51. The van der Waals surface area contributed by atoms with Crippen LogP contribution in [0, 0.1) is 0 Å². The van der Waals surface area contributed by atoms with Gasteiger partial charge in [0.2, 0.25) is 15.9 Å². The zero-order valence-corrected chi connectivity index (χ0v) is 17.6. The van der Waals surface area contributed by atoms with Crippen molar-refractivity contribution in [1.82, 2.24) is 5.32 Å². The van der Waals surface area contributed by atoms with Gasteiger partial charge in [-0.2, -0.15) is 0 Å². The lowest BCUT2D eigenvalue weighted by Gasteiger charge is -2.30. The Hall–Kier alpha value is -2.54. The van der Waals surface area contributed by atoms with Crippen molar-refractivity contribution in [2.75, 3.05) is 17.2 Å². The van der Waals surface area contributed by atoms with E-state index in [4.69, 9.17) is 4.74 Å². The van der Waals surface area contributed by atoms with Crippen LogP contribution in [-0.4, -0.2) is 33.2 Å². The van der Waals surface area contributed by atoms with E-state index in [-0.39, 0.29) is 11.9 Å². The van der Waals surface area contributed by atoms with Gasteiger partial charge in [-0.1, -0.05) is 37.3 Å². The minimum absolute atomic E-state index is 0.183. The summed E-state index contributed by atoms with van der Waals surface area (Å²) in [6.07, 6.45) is 1.80. The van der Waals surface area contributed by atoms with Gasteiger partial charge in [0.15, 0.2) is 0 Å². The summed E-state index contributed by atoms with van der Waals surface area (Å²) in [4.78, 5) is 12.9. The van der Waals surface area contributed by atoms with Crippen LogP contribution in [0.5, 0.6) is 5.75 Å². The molecule has 2 atom stereocenters. The van der Waals surface area contributed by atoms with Crippen molar-refractivity contribution in [2.24, 2.45) is 0 Å². The van der Waals surface area contributed by atoms with E-state index >= 15 is 0 Å². The van der Waals surface area contributed by atoms with Gasteiger partial charge in [-0.25, -0.2) is 8.42 Å². The van der Waals surface area contributed by atoms with E-state index in [1.54, 1.807) is 31.2 Å². The molecule has 0 unspecified atom stereocenters. The summed E-state index contributed by atoms with van der Waals surface area (Å²) >= 11 is 0. The molecule has 0 saturated carbocycles. The first-order valence-electron chi connectivity index (χ1n) is 9.35. The van der Waals surface area contributed by atoms with Crippen LogP contribution in [0.25, 0.3) is 0 Å². The van der Waals surface area contributed by atoms with Gasteiger partial charge in [0.05, 0.1) is 24.6 Å². The monoisotopic (exact) mass is 404 g/mol. The molecule has 0 fully saturated rings. The Balaban J connectivity index is 2.24. The highest BCUT2D eigenvalue weighted by Crippen LogP contribution is 2.25. The van der Waals surface area contributed by atoms with Crippen LogP contribution in [0.15, 0.2) is 54.6 Å². The fourth-order valence-electron chi connectivity index (χ4n) is 3.06. The van der Waals surface area contributed by atoms with E-state index in [1.807, 2.05) is 44.2 Å². The first kappa shape index (κ1) is 21.8. The minimum Gasteiger partial charge on any atom is -0.494 e. The van der Waals surface area contributed by atoms with Crippen molar-refractivity contribution < 1.29 is 17.9 Å². The Kier molecular flexibility index (Phi) is 7.45. The molecule has 2 rings (SSSR count). The number of rotatable bonds is 9. The number of anilines is 1. The Morgan fingerprint density at radius 2 is 1.68 bits per heavy atom. The molecule has 0 aliphatic carbocycles. The Bertz CT molecular complexity index is 867. The minimum atomic E-state index is -3.66. The lowest BCUT2D eigenvalue weighted by atomic mass is 10.0. The molecule has 0 aliphatic rings. The zero-order chi connectivity index (χ0) is 20.7. The summed E-state index contributed by atoms with van der Waals surface area (Å²) in [7, 11) is -3.66. The first-order valence-corrected chi connectivity index (χ1v) is 11.2. The molecule has 2 aromatic rings. The standard InChI is InChI=1S/C21H28N2O4S/c1-5-20(17-10-8-7-9-11-17)22-21(24)16(3)23(28(4,25)26)18-12-14-19(15-13-18)27-6-2/h7-16,20H,5-6H2,1-4H3,(H,22,24)/t16-,20-/m0/s1. The van der Waals surface area contributed by atoms with Crippen LogP contribution in [0.4, 0.5) is 5.69 Å². The van der Waals surface area contributed by atoms with Crippen LogP contribution < -0.4 is 14.4 Å². The first-order chi connectivity index (χ1) is 13.3. The fourth-order valence-corrected chi connectivity index (χ4v) is 4.24. The molecule has 6 nitrogen and oxygen atoms in total. The van der Waals surface area contributed by atoms with E-state index in [0.717, 1.165) is 16.1 Å². The van der Waals surface area contributed by atoms with Gasteiger partial charge < -0.3 is 10.1 Å². The topological polar surface area (TPSA) is 75.7 Å². The third kappa shape index (κ3) is 5.48. The number of nitrogens with zero attached hydrogens (tertiary/aromatic N) is 1. The van der Waals surface area contributed by atoms with Crippen molar-refractivity contribution in [3.8, 4) is 5.75 Å². The number of nitrogens with one attached hydrogen (secondary N) is 1. The van der Waals surface area contributed by atoms with E-state index in [1.165, 1.54) is 0 Å². The lowest BCUT2D eigenvalue weighted by molar-refractivity contribution is -0.122. The maximum atomic E-state index is 12.9. The van der Waals surface area contributed by atoms with Gasteiger partial charge in [-0.05, 0) is 50.1 Å². The van der Waals surface area contributed by atoms with E-state index in [9.17, 15) is 13.2 Å². The second-order valence-electron chi connectivity index (χ2n) is 6.54. The van der Waals surface area contributed by atoms with Gasteiger partial charge in [0.25, 0.3) is 0 Å². The maximum absolute atomic E-state index is 12.9. The Labute approximate surface area is 167 Å². The Morgan fingerprint density at radius 3 is 2.18 bits per heavy atom. The molecule has 0 aliphatic heterocycles. The molecule has 7 heteroatoms. The third-order valence-electron chi connectivity index (χ3n) is 4.42. The lowest BCUT2D eigenvalue weighted by Crippen LogP contribution is -2.48. The molecule has 0 bridgehead atoms. The number of carbonyl (C=O) groups is 1. The van der Waals surface area contributed by atoms with Crippen molar-refractivity contribution in [3.63, 3.8) is 0 Å². The number of carbonyl (C=O) groups excluding carboxylic acids is 1. The van der Waals surface area contributed by atoms with Crippen LogP contribution in [0.3, 0.4) is 0 Å². The zero-order valence-electron chi connectivity index (χ0n) is 16.8. The summed E-state index contributed by atoms with van der Waals surface area (Å²) in [5.41, 5.74) is 1.40. The van der Waals surface area contributed by atoms with Crippen molar-refractivity contribution in [2.45, 2.75) is 39.3 Å². The summed E-state index contributed by atoms with van der Waals surface area (Å²) in [6.45, 7) is 5.96. The Morgan fingerprint density at radius 1 is 1.07 bits per heavy atom. The molecule has 1 amide bonds. The molecule has 152 valence electrons. The molecule has 1 N–H and O–H groups in total. The van der Waals surface area contributed by atoms with Gasteiger partial charge in [0.1, 0.15) is 11.8 Å². The number of hydrogen-bond acceptors (Lipinski definition) is 4. The van der Waals surface area contributed by atoms with Gasteiger partial charge in [-0.3, -0.25) is 9.10 Å². The average molecular weight is 405 g/mol. The predicted molar refractivity (Wildman–Crippen MR) is 112 cm³/mol. The van der Waals surface area contributed by atoms with Gasteiger partial charge in [-0.15, -0.1) is 0 Å². The van der Waals surface area contributed by atoms with Crippen LogP contribution >= 0.6 is 0 Å². The molecular weight excluding hydrogens is 376 g/mol. The highest BCUT2D eigenvalue weighted by atomic mass is 32.2. The molecular formula is C21H28N2O4S. The molecule has 0 saturated heterocycles. The number of sulfonamides is 1. The quantitative estimate of drug-likeness (QED) is 0.694. The number of benzene rings is 2. The van der Waals surface area contributed by atoms with Crippen molar-refractivity contribution >= 4 is 21.6 Å². The highest BCUT2D eigenvalue weighted by Gasteiger charge is 2.30. The number of hydrogen-bond donors (Lipinski definition) is 1. The second kappa shape index (κ2) is 9.59. The second-order valence-corrected chi connectivity index (χ2v) is 8.40. The summed E-state index contributed by atoms with van der Waals surface area (Å²) in [5.74, 6) is 0.293. The summed E-state index contributed by atoms with van der Waals surface area (Å²) < 4.78 is 31.4. The largest absolute Gasteiger partial charge is 0.494 e. The van der Waals surface area contributed by atoms with E-state index in [2.05, 4.69) is 5.32 Å². The highest BCUT2D eigenvalue weighted by molar-refractivity contribution is 7.92. The van der Waals surface area contributed by atoms with Gasteiger partial charge >= 0.3 is 0 Å². The van der Waals surface area contributed by atoms with Gasteiger partial charge in [0, 0.05) is 0 Å². The molecule has 0 radical (unpaired) electrons. The molecule has 0 spiro atoms. The van der Waals surface area contributed by atoms with E-state index < -0.39 is 16.1 Å². The SMILES string of the molecule is CCOc1ccc(N([C@@H](C)C(=O)N[C@@H](CC)c2ccccc2)S(C)(=O)=O)cc1. The maximum Gasteiger partial charge on any atom is 0.244 e. The summed E-state index contributed by atoms with van der Waals surface area (Å²) in [6, 6.07) is 15.2. The number of amides is 1.